The first-order chi connectivity index (χ1) is 9.02. The molecule has 0 aromatic heterocycles. The molecular weight excluding hydrogens is 249 g/mol. The zero-order valence-electron chi connectivity index (χ0n) is 10.9. The lowest BCUT2D eigenvalue weighted by molar-refractivity contribution is 0.147. The molecule has 0 aliphatic heterocycles. The minimum Gasteiger partial charge on any atom is -0.449 e. The molecule has 0 fully saturated rings. The number of amides is 1. The van der Waals surface area contributed by atoms with Crippen molar-refractivity contribution < 1.29 is 19.0 Å². The van der Waals surface area contributed by atoms with E-state index in [9.17, 15) is 9.18 Å². The highest BCUT2D eigenvalue weighted by Crippen LogP contribution is 2.15. The Balaban J connectivity index is 2.67. The van der Waals surface area contributed by atoms with Gasteiger partial charge in [-0.15, -0.1) is 0 Å². The summed E-state index contributed by atoms with van der Waals surface area (Å²) in [6, 6.07) is 4.12. The lowest BCUT2D eigenvalue weighted by Crippen LogP contribution is -2.17. The molecule has 1 rings (SSSR count). The van der Waals surface area contributed by atoms with Crippen molar-refractivity contribution in [3.8, 4) is 11.8 Å². The molecule has 0 saturated carbocycles. The van der Waals surface area contributed by atoms with E-state index in [0.29, 0.717) is 5.56 Å². The van der Waals surface area contributed by atoms with E-state index in [1.54, 1.807) is 6.07 Å². The van der Waals surface area contributed by atoms with Gasteiger partial charge in [0.15, 0.2) is 0 Å². The molecule has 4 nitrogen and oxygen atoms in total. The quantitative estimate of drug-likeness (QED) is 0.825. The summed E-state index contributed by atoms with van der Waals surface area (Å²) in [6.45, 7) is 3.79. The Labute approximate surface area is 111 Å². The van der Waals surface area contributed by atoms with E-state index < -0.39 is 11.9 Å². The number of hydrogen-bond acceptors (Lipinski definition) is 3. The summed E-state index contributed by atoms with van der Waals surface area (Å²) in [5.41, 5.74) is 0.455. The lowest BCUT2D eigenvalue weighted by atomic mass is 10.2. The van der Waals surface area contributed by atoms with Gasteiger partial charge < -0.3 is 9.84 Å². The number of carbonyl (C=O) groups is 1. The van der Waals surface area contributed by atoms with Crippen LogP contribution in [0.3, 0.4) is 0 Å². The number of ether oxygens (including phenoxy) is 1. The highest BCUT2D eigenvalue weighted by Gasteiger charge is 2.08. The second kappa shape index (κ2) is 7.39. The maximum absolute atomic E-state index is 13.6. The number of aliphatic hydroxyl groups is 1. The van der Waals surface area contributed by atoms with Gasteiger partial charge >= 0.3 is 6.09 Å². The van der Waals surface area contributed by atoms with Crippen LogP contribution in [0, 0.1) is 23.6 Å². The molecule has 102 valence electrons. The van der Waals surface area contributed by atoms with Gasteiger partial charge in [0.1, 0.15) is 12.4 Å². The standard InChI is InChI=1S/C14H16FNO3/c1-10(2)9-19-14(18)16-13-6-5-11(4-3-7-17)8-12(13)15/h5-6,8,10,17H,7,9H2,1-2H3,(H,16,18). The summed E-state index contributed by atoms with van der Waals surface area (Å²) >= 11 is 0. The van der Waals surface area contributed by atoms with Crippen LogP contribution < -0.4 is 5.32 Å². The zero-order valence-corrected chi connectivity index (χ0v) is 10.9. The van der Waals surface area contributed by atoms with Crippen LogP contribution in [0.1, 0.15) is 19.4 Å². The predicted molar refractivity (Wildman–Crippen MR) is 70.2 cm³/mol. The molecule has 0 atom stereocenters. The molecule has 5 heteroatoms. The van der Waals surface area contributed by atoms with Crippen molar-refractivity contribution in [3.63, 3.8) is 0 Å². The molecule has 0 heterocycles. The molecule has 0 unspecified atom stereocenters. The van der Waals surface area contributed by atoms with Gasteiger partial charge in [-0.1, -0.05) is 25.7 Å². The Kier molecular flexibility index (Phi) is 5.83. The topological polar surface area (TPSA) is 58.6 Å². The normalized spacial score (nSPS) is 9.74. The summed E-state index contributed by atoms with van der Waals surface area (Å²) in [5.74, 6) is 4.59. The first-order valence-corrected chi connectivity index (χ1v) is 5.86. The first-order valence-electron chi connectivity index (χ1n) is 5.86. The zero-order chi connectivity index (χ0) is 14.3. The molecule has 0 radical (unpaired) electrons. The van der Waals surface area contributed by atoms with Crippen LogP contribution in [0.4, 0.5) is 14.9 Å². The summed E-state index contributed by atoms with van der Waals surface area (Å²) in [5, 5.41) is 10.8. The molecule has 1 aromatic carbocycles. The third kappa shape index (κ3) is 5.40. The molecule has 0 aliphatic rings. The average molecular weight is 265 g/mol. The summed E-state index contributed by atoms with van der Waals surface area (Å²) in [6.07, 6.45) is -0.693. The van der Waals surface area contributed by atoms with Gasteiger partial charge in [-0.2, -0.15) is 0 Å². The van der Waals surface area contributed by atoms with Gasteiger partial charge in [-0.3, -0.25) is 5.32 Å². The minimum atomic E-state index is -0.693. The van der Waals surface area contributed by atoms with Crippen molar-refractivity contribution in [2.75, 3.05) is 18.5 Å². The number of halogens is 1. The van der Waals surface area contributed by atoms with E-state index in [2.05, 4.69) is 17.2 Å². The number of aliphatic hydroxyl groups excluding tert-OH is 1. The molecular formula is C14H16FNO3. The predicted octanol–water partition coefficient (Wildman–Crippen LogP) is 2.37. The average Bonchev–Trinajstić information content (AvgIpc) is 2.37. The fourth-order valence-corrected chi connectivity index (χ4v) is 1.22. The molecule has 2 N–H and O–H groups in total. The van der Waals surface area contributed by atoms with E-state index in [1.807, 2.05) is 13.8 Å². The fourth-order valence-electron chi connectivity index (χ4n) is 1.22. The summed E-state index contributed by atoms with van der Waals surface area (Å²) < 4.78 is 18.5. The number of anilines is 1. The van der Waals surface area contributed by atoms with Crippen molar-refractivity contribution in [2.45, 2.75) is 13.8 Å². The summed E-state index contributed by atoms with van der Waals surface area (Å²) in [7, 11) is 0. The number of nitrogens with one attached hydrogen (secondary N) is 1. The Morgan fingerprint density at radius 3 is 2.84 bits per heavy atom. The molecule has 0 spiro atoms. The number of carbonyl (C=O) groups excluding carboxylic acids is 1. The lowest BCUT2D eigenvalue weighted by Gasteiger charge is -2.09. The van der Waals surface area contributed by atoms with Gasteiger partial charge in [-0.05, 0) is 24.1 Å². The van der Waals surface area contributed by atoms with Crippen molar-refractivity contribution in [3.05, 3.63) is 29.6 Å². The molecule has 1 amide bonds. The smallest absolute Gasteiger partial charge is 0.411 e. The van der Waals surface area contributed by atoms with Crippen molar-refractivity contribution >= 4 is 11.8 Å². The monoisotopic (exact) mass is 265 g/mol. The number of rotatable bonds is 3. The van der Waals surface area contributed by atoms with Crippen LogP contribution in [0.2, 0.25) is 0 Å². The molecule has 1 aromatic rings. The van der Waals surface area contributed by atoms with Gasteiger partial charge in [-0.25, -0.2) is 9.18 Å². The molecule has 0 aliphatic carbocycles. The number of benzene rings is 1. The first kappa shape index (κ1) is 15.0. The third-order valence-electron chi connectivity index (χ3n) is 2.07. The number of hydrogen-bond donors (Lipinski definition) is 2. The van der Waals surface area contributed by atoms with Gasteiger partial charge in [0.25, 0.3) is 0 Å². The van der Waals surface area contributed by atoms with Gasteiger partial charge in [0, 0.05) is 5.56 Å². The van der Waals surface area contributed by atoms with Crippen LogP contribution in [-0.2, 0) is 4.74 Å². The molecule has 0 bridgehead atoms. The van der Waals surface area contributed by atoms with Crippen molar-refractivity contribution in [2.24, 2.45) is 5.92 Å². The van der Waals surface area contributed by atoms with Gasteiger partial charge in [0.05, 0.1) is 12.3 Å². The van der Waals surface area contributed by atoms with Crippen molar-refractivity contribution in [1.29, 1.82) is 0 Å². The van der Waals surface area contributed by atoms with Gasteiger partial charge in [0.2, 0.25) is 0 Å². The van der Waals surface area contributed by atoms with Crippen LogP contribution in [0.15, 0.2) is 18.2 Å². The summed E-state index contributed by atoms with van der Waals surface area (Å²) in [4.78, 5) is 11.4. The maximum Gasteiger partial charge on any atom is 0.411 e. The molecule has 19 heavy (non-hydrogen) atoms. The van der Waals surface area contributed by atoms with E-state index in [-0.39, 0.29) is 24.8 Å². The second-order valence-electron chi connectivity index (χ2n) is 4.27. The van der Waals surface area contributed by atoms with Crippen LogP contribution in [-0.4, -0.2) is 24.4 Å². The Morgan fingerprint density at radius 2 is 2.26 bits per heavy atom. The fraction of sp³-hybridized carbons (Fsp3) is 0.357. The third-order valence-corrected chi connectivity index (χ3v) is 2.07. The van der Waals surface area contributed by atoms with E-state index in [4.69, 9.17) is 9.84 Å². The second-order valence-corrected chi connectivity index (χ2v) is 4.27. The van der Waals surface area contributed by atoms with Crippen LogP contribution in [0.25, 0.3) is 0 Å². The van der Waals surface area contributed by atoms with E-state index in [0.717, 1.165) is 0 Å². The molecule has 0 saturated heterocycles. The largest absolute Gasteiger partial charge is 0.449 e. The van der Waals surface area contributed by atoms with E-state index >= 15 is 0 Å². The highest BCUT2D eigenvalue weighted by atomic mass is 19.1. The van der Waals surface area contributed by atoms with Crippen LogP contribution >= 0.6 is 0 Å². The van der Waals surface area contributed by atoms with Crippen molar-refractivity contribution in [1.82, 2.24) is 0 Å². The Hall–Kier alpha value is -2.06. The Morgan fingerprint density at radius 1 is 1.53 bits per heavy atom. The van der Waals surface area contributed by atoms with E-state index in [1.165, 1.54) is 12.1 Å². The minimum absolute atomic E-state index is 0.0308. The van der Waals surface area contributed by atoms with Crippen LogP contribution in [0.5, 0.6) is 0 Å². The Bertz CT molecular complexity index is 503. The highest BCUT2D eigenvalue weighted by molar-refractivity contribution is 5.84. The maximum atomic E-state index is 13.6. The SMILES string of the molecule is CC(C)COC(=O)Nc1ccc(C#CCO)cc1F.